The summed E-state index contributed by atoms with van der Waals surface area (Å²) in [6, 6.07) is 7.70. The van der Waals surface area contributed by atoms with E-state index in [0.29, 0.717) is 62.5 Å². The Labute approximate surface area is 206 Å². The fourth-order valence-electron chi connectivity index (χ4n) is 4.96. The largest absolute Gasteiger partial charge is 0.479 e. The summed E-state index contributed by atoms with van der Waals surface area (Å²) in [5, 5.41) is 16.1. The average molecular weight is 499 g/mol. The molecule has 5 heterocycles. The number of nitrogens with one attached hydrogen (secondary N) is 1. The van der Waals surface area contributed by atoms with Crippen molar-refractivity contribution in [3.8, 4) is 17.0 Å². The second-order valence-corrected chi connectivity index (χ2v) is 9.27. The molecule has 36 heavy (non-hydrogen) atoms. The maximum atomic E-state index is 15.0. The molecule has 1 N–H and O–H groups in total. The summed E-state index contributed by atoms with van der Waals surface area (Å²) in [7, 11) is 1.55. The molecule has 190 valence electrons. The third-order valence-corrected chi connectivity index (χ3v) is 7.03. The Morgan fingerprint density at radius 3 is 2.89 bits per heavy atom. The highest BCUT2D eigenvalue weighted by Gasteiger charge is 2.35. The molecule has 0 amide bonds. The lowest BCUT2D eigenvalue weighted by Gasteiger charge is -2.42. The highest BCUT2D eigenvalue weighted by Crippen LogP contribution is 2.33. The number of halogens is 2. The number of rotatable bonds is 8. The monoisotopic (exact) mass is 498 g/mol. The highest BCUT2D eigenvalue weighted by molar-refractivity contribution is 5.89. The van der Waals surface area contributed by atoms with Crippen molar-refractivity contribution in [2.24, 2.45) is 0 Å². The van der Waals surface area contributed by atoms with Crippen LogP contribution in [0.4, 0.5) is 14.7 Å². The van der Waals surface area contributed by atoms with E-state index in [2.05, 4.69) is 30.6 Å². The summed E-state index contributed by atoms with van der Waals surface area (Å²) in [6.07, 6.45) is 1.83. The molecule has 3 aromatic heterocycles. The lowest BCUT2D eigenvalue weighted by atomic mass is 10.0. The zero-order chi connectivity index (χ0) is 24.6. The molecule has 2 saturated heterocycles. The van der Waals surface area contributed by atoms with Gasteiger partial charge in [0.1, 0.15) is 17.2 Å². The number of hydrogen-bond donors (Lipinski definition) is 1. The predicted octanol–water partition coefficient (Wildman–Crippen LogP) is 2.73. The Morgan fingerprint density at radius 1 is 1.25 bits per heavy atom. The van der Waals surface area contributed by atoms with Crippen LogP contribution in [0.2, 0.25) is 0 Å². The van der Waals surface area contributed by atoms with E-state index in [0.717, 1.165) is 28.7 Å². The molecule has 0 bridgehead atoms. The number of methoxy groups -OCH3 is 1. The Bertz CT molecular complexity index is 1370. The Kier molecular flexibility index (Phi) is 6.13. The number of alkyl halides is 2. The van der Waals surface area contributed by atoms with Gasteiger partial charge in [0.15, 0.2) is 0 Å². The smallest absolute Gasteiger partial charge is 0.244 e. The Hall–Kier alpha value is -3.38. The van der Waals surface area contributed by atoms with Crippen LogP contribution in [0.15, 0.2) is 30.5 Å². The molecule has 2 aliphatic heterocycles. The van der Waals surface area contributed by atoms with Gasteiger partial charge in [-0.1, -0.05) is 11.3 Å². The van der Waals surface area contributed by atoms with Gasteiger partial charge in [0.05, 0.1) is 44.6 Å². The van der Waals surface area contributed by atoms with Crippen LogP contribution in [0.25, 0.3) is 27.7 Å². The number of nitrogens with zero attached hydrogens (tertiary/aromatic N) is 7. The van der Waals surface area contributed by atoms with Gasteiger partial charge in [-0.2, -0.15) is 4.98 Å². The number of aromatic nitrogens is 6. The van der Waals surface area contributed by atoms with Crippen molar-refractivity contribution in [1.29, 1.82) is 0 Å². The molecule has 2 aliphatic rings. The molecule has 12 heteroatoms. The number of anilines is 1. The molecule has 0 unspecified atom stereocenters. The third-order valence-electron chi connectivity index (χ3n) is 7.03. The van der Waals surface area contributed by atoms with Crippen LogP contribution < -0.4 is 10.1 Å². The van der Waals surface area contributed by atoms with Crippen LogP contribution in [0.3, 0.4) is 0 Å². The summed E-state index contributed by atoms with van der Waals surface area (Å²) >= 11 is 0. The molecule has 0 spiro atoms. The summed E-state index contributed by atoms with van der Waals surface area (Å²) in [5.74, 6) is 0.703. The standard InChI is InChI=1S/C24H28F2N8O2/c1-35-23-22-17(15-3-4-20-21(11-15)33(31-29-20)8-2-7-25)5-10-34(22)30-24(28-23)27-19-6-9-32(12-18(19)26)16-13-36-14-16/h3-5,10-11,16,18-19H,2,6-9,12-14H2,1H3,(H,27,30)/t18-,19+/m1/s1. The fraction of sp³-hybridized carbons (Fsp3) is 0.500. The van der Waals surface area contributed by atoms with Crippen molar-refractivity contribution in [1.82, 2.24) is 34.5 Å². The molecule has 0 aliphatic carbocycles. The zero-order valence-corrected chi connectivity index (χ0v) is 20.0. The van der Waals surface area contributed by atoms with Gasteiger partial charge in [-0.3, -0.25) is 9.29 Å². The molecular formula is C24H28F2N8O2. The predicted molar refractivity (Wildman–Crippen MR) is 130 cm³/mol. The minimum absolute atomic E-state index is 0.318. The second-order valence-electron chi connectivity index (χ2n) is 9.27. The first kappa shape index (κ1) is 23.0. The van der Waals surface area contributed by atoms with E-state index in [1.807, 2.05) is 30.5 Å². The number of hydrogen-bond acceptors (Lipinski definition) is 8. The first-order chi connectivity index (χ1) is 17.6. The van der Waals surface area contributed by atoms with E-state index >= 15 is 0 Å². The number of aryl methyl sites for hydroxylation is 1. The molecule has 4 aromatic rings. The maximum Gasteiger partial charge on any atom is 0.244 e. The summed E-state index contributed by atoms with van der Waals surface area (Å²) in [5.41, 5.74) is 4.05. The topological polar surface area (TPSA) is 94.6 Å². The molecule has 6 rings (SSSR count). The van der Waals surface area contributed by atoms with E-state index in [4.69, 9.17) is 9.47 Å². The van der Waals surface area contributed by atoms with Crippen LogP contribution in [0.1, 0.15) is 12.8 Å². The van der Waals surface area contributed by atoms with Crippen LogP contribution in [-0.2, 0) is 11.3 Å². The van der Waals surface area contributed by atoms with E-state index in [1.165, 1.54) is 0 Å². The van der Waals surface area contributed by atoms with E-state index in [1.54, 1.807) is 16.3 Å². The first-order valence-corrected chi connectivity index (χ1v) is 12.2. The molecule has 1 aromatic carbocycles. The minimum Gasteiger partial charge on any atom is -0.479 e. The van der Waals surface area contributed by atoms with Crippen LogP contribution in [0, 0.1) is 0 Å². The number of likely N-dealkylation sites (tertiary alicyclic amines) is 1. The van der Waals surface area contributed by atoms with Crippen molar-refractivity contribution in [3.05, 3.63) is 30.5 Å². The SMILES string of the molecule is COc1nc(N[C@H]2CCN(C3COC3)C[C@H]2F)nn2ccc(-c3ccc4nnn(CCCF)c4c3)c12. The molecule has 0 saturated carbocycles. The fourth-order valence-corrected chi connectivity index (χ4v) is 4.96. The first-order valence-electron chi connectivity index (χ1n) is 12.2. The van der Waals surface area contributed by atoms with Gasteiger partial charge in [-0.25, -0.2) is 13.6 Å². The quantitative estimate of drug-likeness (QED) is 0.396. The number of fused-ring (bicyclic) bond motifs is 2. The zero-order valence-electron chi connectivity index (χ0n) is 20.0. The summed E-state index contributed by atoms with van der Waals surface area (Å²) in [4.78, 5) is 6.72. The van der Waals surface area contributed by atoms with Gasteiger partial charge in [-0.15, -0.1) is 10.2 Å². The van der Waals surface area contributed by atoms with Gasteiger partial charge in [0.2, 0.25) is 11.8 Å². The molecule has 10 nitrogen and oxygen atoms in total. The van der Waals surface area contributed by atoms with Gasteiger partial charge >= 0.3 is 0 Å². The van der Waals surface area contributed by atoms with Gasteiger partial charge in [0.25, 0.3) is 0 Å². The van der Waals surface area contributed by atoms with E-state index < -0.39 is 12.8 Å². The molecule has 0 radical (unpaired) electrons. The molecule has 2 atom stereocenters. The average Bonchev–Trinajstić information content (AvgIpc) is 3.46. The van der Waals surface area contributed by atoms with Crippen molar-refractivity contribution in [2.75, 3.05) is 45.4 Å². The lowest BCUT2D eigenvalue weighted by Crippen LogP contribution is -2.57. The van der Waals surface area contributed by atoms with Gasteiger partial charge in [-0.05, 0) is 36.6 Å². The van der Waals surface area contributed by atoms with E-state index in [9.17, 15) is 8.78 Å². The van der Waals surface area contributed by atoms with Crippen molar-refractivity contribution >= 4 is 22.5 Å². The van der Waals surface area contributed by atoms with Gasteiger partial charge in [0, 0.05) is 31.4 Å². The second kappa shape index (κ2) is 9.58. The number of ether oxygens (including phenoxy) is 2. The van der Waals surface area contributed by atoms with Crippen LogP contribution in [0.5, 0.6) is 5.88 Å². The van der Waals surface area contributed by atoms with Crippen LogP contribution in [-0.4, -0.2) is 92.8 Å². The highest BCUT2D eigenvalue weighted by atomic mass is 19.1. The Morgan fingerprint density at radius 2 is 2.14 bits per heavy atom. The number of benzene rings is 1. The minimum atomic E-state index is -1.03. The van der Waals surface area contributed by atoms with Crippen molar-refractivity contribution in [3.63, 3.8) is 0 Å². The third kappa shape index (κ3) is 4.13. The summed E-state index contributed by atoms with van der Waals surface area (Å²) < 4.78 is 41.9. The maximum absolute atomic E-state index is 15.0. The Balaban J connectivity index is 1.27. The summed E-state index contributed by atoms with van der Waals surface area (Å²) in [6.45, 7) is 2.59. The number of piperidine rings is 1. The molecule has 2 fully saturated rings. The molecular weight excluding hydrogens is 470 g/mol. The van der Waals surface area contributed by atoms with E-state index in [-0.39, 0.29) is 6.04 Å². The van der Waals surface area contributed by atoms with Crippen molar-refractivity contribution in [2.45, 2.75) is 37.6 Å². The lowest BCUT2D eigenvalue weighted by molar-refractivity contribution is -0.0794. The normalized spacial score (nSPS) is 21.2. The van der Waals surface area contributed by atoms with Crippen molar-refractivity contribution < 1.29 is 18.3 Å². The van der Waals surface area contributed by atoms with Gasteiger partial charge < -0.3 is 14.8 Å². The van der Waals surface area contributed by atoms with Crippen LogP contribution >= 0.6 is 0 Å².